The third kappa shape index (κ3) is 24.4. The van der Waals surface area contributed by atoms with E-state index in [4.69, 9.17) is 23.7 Å². The second-order valence-corrected chi connectivity index (χ2v) is 16.7. The molecule has 348 valence electrons. The lowest BCUT2D eigenvalue weighted by Crippen LogP contribution is -2.13. The lowest BCUT2D eigenvalue weighted by molar-refractivity contribution is -0.136. The first-order valence-corrected chi connectivity index (χ1v) is 24.5. The van der Waals surface area contributed by atoms with Crippen LogP contribution in [0.3, 0.4) is 0 Å². The Hall–Kier alpha value is -4.21. The van der Waals surface area contributed by atoms with Gasteiger partial charge in [-0.05, 0) is 49.8 Å². The van der Waals surface area contributed by atoms with Crippen molar-refractivity contribution in [1.82, 2.24) is 0 Å². The Bertz CT molecular complexity index is 1500. The zero-order chi connectivity index (χ0) is 45.2. The molecule has 0 amide bonds. The number of rotatable bonds is 36. The smallest absolute Gasteiger partial charge is 0.311 e. The van der Waals surface area contributed by atoms with Crippen molar-refractivity contribution in [2.24, 2.45) is 0 Å². The number of benzene rings is 2. The number of carbonyl (C=O) groups is 5. The predicted molar refractivity (Wildman–Crippen MR) is 247 cm³/mol. The van der Waals surface area contributed by atoms with Gasteiger partial charge in [0.05, 0.1) is 5.56 Å². The molecule has 0 fully saturated rings. The third-order valence-electron chi connectivity index (χ3n) is 10.8. The maximum atomic E-state index is 13.5. The van der Waals surface area contributed by atoms with E-state index in [2.05, 4.69) is 34.6 Å². The van der Waals surface area contributed by atoms with Gasteiger partial charge >= 0.3 is 29.8 Å². The molecule has 0 aliphatic carbocycles. The largest absolute Gasteiger partial charge is 0.426 e. The van der Waals surface area contributed by atoms with Crippen molar-refractivity contribution in [3.63, 3.8) is 0 Å². The van der Waals surface area contributed by atoms with Crippen molar-refractivity contribution in [3.05, 3.63) is 30.3 Å². The van der Waals surface area contributed by atoms with Crippen LogP contribution in [0.2, 0.25) is 0 Å². The Morgan fingerprint density at radius 1 is 0.306 bits per heavy atom. The number of carbonyl (C=O) groups excluding carboxylic acids is 5. The fraction of sp³-hybridized carbons (Fsp3) is 0.673. The summed E-state index contributed by atoms with van der Waals surface area (Å²) in [6, 6.07) is 7.57. The molecule has 0 aliphatic heterocycles. The highest BCUT2D eigenvalue weighted by Crippen LogP contribution is 2.45. The van der Waals surface area contributed by atoms with Crippen LogP contribution in [0.5, 0.6) is 28.7 Å². The Balaban J connectivity index is 2.69. The normalized spacial score (nSPS) is 11.0. The van der Waals surface area contributed by atoms with Crippen LogP contribution in [-0.2, 0) is 24.0 Å². The topological polar surface area (TPSA) is 132 Å². The first kappa shape index (κ1) is 53.9. The summed E-state index contributed by atoms with van der Waals surface area (Å²) in [5.41, 5.74) is 0.506. The third-order valence-corrected chi connectivity index (χ3v) is 10.8. The predicted octanol–water partition coefficient (Wildman–Crippen LogP) is 14.7. The molecular formula is C52H80O10. The van der Waals surface area contributed by atoms with E-state index < -0.39 is 29.8 Å². The van der Waals surface area contributed by atoms with E-state index in [1.807, 2.05) is 0 Å². The summed E-state index contributed by atoms with van der Waals surface area (Å²) < 4.78 is 29.7. The van der Waals surface area contributed by atoms with Crippen molar-refractivity contribution in [2.45, 2.75) is 227 Å². The maximum Gasteiger partial charge on any atom is 0.311 e. The highest BCUT2D eigenvalue weighted by molar-refractivity contribution is 5.87. The van der Waals surface area contributed by atoms with E-state index in [0.717, 1.165) is 128 Å². The van der Waals surface area contributed by atoms with Crippen LogP contribution in [0.15, 0.2) is 30.3 Å². The Labute approximate surface area is 373 Å². The molecular weight excluding hydrogens is 785 g/mol. The first-order valence-electron chi connectivity index (χ1n) is 24.5. The molecule has 0 aromatic heterocycles. The zero-order valence-electron chi connectivity index (χ0n) is 39.2. The standard InChI is InChI=1S/C52H80O10/c1-6-11-16-21-26-31-47(53)58-42-36-41(37-43(38-42)59-48(54)32-27-22-17-12-7-2)52-45(61-50(56)34-29-24-19-14-9-4)39-44(60-49(55)33-28-23-18-13-8-3)40-46(52)62-51(57)35-30-25-20-15-10-5/h36-40H,6-35H2,1-5H3. The lowest BCUT2D eigenvalue weighted by Gasteiger charge is -2.18. The molecule has 0 spiro atoms. The van der Waals surface area contributed by atoms with Gasteiger partial charge in [-0.15, -0.1) is 0 Å². The second-order valence-electron chi connectivity index (χ2n) is 16.7. The fourth-order valence-corrected chi connectivity index (χ4v) is 7.16. The van der Waals surface area contributed by atoms with Crippen LogP contribution < -0.4 is 23.7 Å². The Morgan fingerprint density at radius 2 is 0.548 bits per heavy atom. The summed E-state index contributed by atoms with van der Waals surface area (Å²) in [5, 5.41) is 0. The second kappa shape index (κ2) is 34.3. The van der Waals surface area contributed by atoms with E-state index in [1.165, 1.54) is 18.2 Å². The van der Waals surface area contributed by atoms with E-state index in [9.17, 15) is 24.0 Å². The van der Waals surface area contributed by atoms with E-state index in [-0.39, 0.29) is 66.4 Å². The van der Waals surface area contributed by atoms with Gasteiger partial charge < -0.3 is 23.7 Å². The quantitative estimate of drug-likeness (QED) is 0.0370. The first-order chi connectivity index (χ1) is 30.1. The number of ether oxygens (including phenoxy) is 5. The van der Waals surface area contributed by atoms with Crippen LogP contribution >= 0.6 is 0 Å². The molecule has 0 bridgehead atoms. The molecule has 10 heteroatoms. The zero-order valence-corrected chi connectivity index (χ0v) is 39.2. The van der Waals surface area contributed by atoms with E-state index in [0.29, 0.717) is 37.7 Å². The van der Waals surface area contributed by atoms with Crippen molar-refractivity contribution >= 4 is 29.8 Å². The van der Waals surface area contributed by atoms with Gasteiger partial charge in [0, 0.05) is 50.3 Å². The van der Waals surface area contributed by atoms with Gasteiger partial charge in [-0.25, -0.2) is 0 Å². The van der Waals surface area contributed by atoms with Gasteiger partial charge in [0.1, 0.15) is 28.7 Å². The van der Waals surface area contributed by atoms with Crippen molar-refractivity contribution in [2.75, 3.05) is 0 Å². The van der Waals surface area contributed by atoms with E-state index in [1.54, 1.807) is 12.1 Å². The minimum atomic E-state index is -0.504. The minimum absolute atomic E-state index is 0.00449. The number of esters is 5. The van der Waals surface area contributed by atoms with Crippen LogP contribution in [0, 0.1) is 0 Å². The van der Waals surface area contributed by atoms with Gasteiger partial charge in [0.15, 0.2) is 0 Å². The van der Waals surface area contributed by atoms with Crippen LogP contribution in [0.25, 0.3) is 11.1 Å². The Kier molecular flexibility index (Phi) is 29.8. The van der Waals surface area contributed by atoms with Gasteiger partial charge in [-0.3, -0.25) is 24.0 Å². The van der Waals surface area contributed by atoms with Crippen molar-refractivity contribution in [1.29, 1.82) is 0 Å². The SMILES string of the molecule is CCCCCCCC(=O)Oc1cc(OC(=O)CCCCCCC)cc(-c2c(OC(=O)CCCCCCC)cc(OC(=O)CCCCCCC)cc2OC(=O)CCCCCCC)c1. The molecule has 0 radical (unpaired) electrons. The summed E-state index contributed by atoms with van der Waals surface area (Å²) in [6.45, 7) is 10.7. The summed E-state index contributed by atoms with van der Waals surface area (Å²) in [6.07, 6.45) is 24.6. The lowest BCUT2D eigenvalue weighted by atomic mass is 10.0. The monoisotopic (exact) mass is 865 g/mol. The molecule has 0 N–H and O–H groups in total. The Morgan fingerprint density at radius 3 is 0.823 bits per heavy atom. The summed E-state index contributed by atoms with van der Waals surface area (Å²) >= 11 is 0. The highest BCUT2D eigenvalue weighted by Gasteiger charge is 2.24. The van der Waals surface area contributed by atoms with Gasteiger partial charge in [0.25, 0.3) is 0 Å². The fourth-order valence-electron chi connectivity index (χ4n) is 7.16. The molecule has 10 nitrogen and oxygen atoms in total. The van der Waals surface area contributed by atoms with E-state index >= 15 is 0 Å². The number of hydrogen-bond donors (Lipinski definition) is 0. The molecule has 0 heterocycles. The van der Waals surface area contributed by atoms with Gasteiger partial charge in [0.2, 0.25) is 0 Å². The minimum Gasteiger partial charge on any atom is -0.426 e. The van der Waals surface area contributed by atoms with Gasteiger partial charge in [-0.1, -0.05) is 163 Å². The summed E-state index contributed by atoms with van der Waals surface area (Å²) in [4.78, 5) is 66.5. The van der Waals surface area contributed by atoms with Crippen LogP contribution in [-0.4, -0.2) is 29.8 Å². The molecule has 0 unspecified atom stereocenters. The molecule has 2 aromatic carbocycles. The van der Waals surface area contributed by atoms with Crippen molar-refractivity contribution in [3.8, 4) is 39.9 Å². The molecule has 62 heavy (non-hydrogen) atoms. The maximum absolute atomic E-state index is 13.5. The molecule has 2 rings (SSSR count). The van der Waals surface area contributed by atoms with Crippen molar-refractivity contribution < 1.29 is 47.7 Å². The van der Waals surface area contributed by atoms with Crippen LogP contribution in [0.4, 0.5) is 0 Å². The van der Waals surface area contributed by atoms with Crippen LogP contribution in [0.1, 0.15) is 227 Å². The molecule has 0 atom stereocenters. The summed E-state index contributed by atoms with van der Waals surface area (Å²) in [5.74, 6) is -2.05. The highest BCUT2D eigenvalue weighted by atomic mass is 16.6. The van der Waals surface area contributed by atoms with Gasteiger partial charge in [-0.2, -0.15) is 0 Å². The summed E-state index contributed by atoms with van der Waals surface area (Å²) in [7, 11) is 0. The average Bonchev–Trinajstić information content (AvgIpc) is 3.23. The average molecular weight is 865 g/mol. The molecule has 0 saturated heterocycles. The molecule has 0 saturated carbocycles. The molecule has 0 aliphatic rings. The number of hydrogen-bond acceptors (Lipinski definition) is 10. The molecule has 2 aromatic rings. The number of unbranched alkanes of at least 4 members (excludes halogenated alkanes) is 20.